The molecule has 5 nitrogen and oxygen atoms in total. The molecule has 0 spiro atoms. The molecule has 0 aromatic carbocycles. The van der Waals surface area contributed by atoms with E-state index >= 15 is 0 Å². The number of carbonyl (C=O) groups is 1. The smallest absolute Gasteiger partial charge is 0.408 e. The second kappa shape index (κ2) is 4.51. The van der Waals surface area contributed by atoms with Gasteiger partial charge in [-0.3, -0.25) is 4.99 Å². The van der Waals surface area contributed by atoms with Gasteiger partial charge < -0.3 is 15.8 Å². The Kier molecular flexibility index (Phi) is 4.13. The minimum Gasteiger partial charge on any atom is -0.444 e. The highest BCUT2D eigenvalue weighted by atomic mass is 16.6. The predicted molar refractivity (Wildman–Crippen MR) is 61.0 cm³/mol. The Morgan fingerprint density at radius 2 is 1.73 bits per heavy atom. The van der Waals surface area contributed by atoms with Gasteiger partial charge in [0.1, 0.15) is 11.4 Å². The van der Waals surface area contributed by atoms with Crippen molar-refractivity contribution in [3.63, 3.8) is 0 Å². The van der Waals surface area contributed by atoms with Crippen molar-refractivity contribution >= 4 is 11.9 Å². The first-order valence-electron chi connectivity index (χ1n) is 4.82. The summed E-state index contributed by atoms with van der Waals surface area (Å²) in [5.74, 6) is 0.355. The summed E-state index contributed by atoms with van der Waals surface area (Å²) in [5, 5.41) is 2.65. The maximum Gasteiger partial charge on any atom is 0.408 e. The monoisotopic (exact) mass is 215 g/mol. The van der Waals surface area contributed by atoms with E-state index in [4.69, 9.17) is 10.5 Å². The Labute approximate surface area is 91.1 Å². The van der Waals surface area contributed by atoms with Gasteiger partial charge in [0.2, 0.25) is 0 Å². The summed E-state index contributed by atoms with van der Waals surface area (Å²) in [6, 6.07) is 0. The molecule has 0 bridgehead atoms. The van der Waals surface area contributed by atoms with Crippen molar-refractivity contribution in [1.29, 1.82) is 0 Å². The SMILES string of the molecule is CN=C(N)C(C)(C)NC(=O)OC(C)(C)C. The van der Waals surface area contributed by atoms with Crippen molar-refractivity contribution in [2.24, 2.45) is 10.7 Å². The lowest BCUT2D eigenvalue weighted by molar-refractivity contribution is 0.0496. The van der Waals surface area contributed by atoms with Crippen LogP contribution in [-0.4, -0.2) is 30.1 Å². The van der Waals surface area contributed by atoms with E-state index in [1.54, 1.807) is 41.7 Å². The molecule has 0 radical (unpaired) electrons. The van der Waals surface area contributed by atoms with Crippen LogP contribution in [-0.2, 0) is 4.74 Å². The maximum absolute atomic E-state index is 11.5. The van der Waals surface area contributed by atoms with Gasteiger partial charge in [0.25, 0.3) is 0 Å². The lowest BCUT2D eigenvalue weighted by Crippen LogP contribution is -2.54. The average Bonchev–Trinajstić information content (AvgIpc) is 1.97. The molecule has 5 heteroatoms. The minimum absolute atomic E-state index is 0.355. The molecule has 0 unspecified atom stereocenters. The Morgan fingerprint density at radius 3 is 2.07 bits per heavy atom. The average molecular weight is 215 g/mol. The predicted octanol–water partition coefficient (Wildman–Crippen LogP) is 1.28. The fourth-order valence-electron chi connectivity index (χ4n) is 0.902. The number of carbonyl (C=O) groups excluding carboxylic acids is 1. The number of hydrogen-bond donors (Lipinski definition) is 2. The number of hydrogen-bond acceptors (Lipinski definition) is 3. The fraction of sp³-hybridized carbons (Fsp3) is 0.800. The van der Waals surface area contributed by atoms with Crippen molar-refractivity contribution in [3.8, 4) is 0 Å². The van der Waals surface area contributed by atoms with Crippen molar-refractivity contribution in [1.82, 2.24) is 5.32 Å². The van der Waals surface area contributed by atoms with Crippen LogP contribution in [0, 0.1) is 0 Å². The lowest BCUT2D eigenvalue weighted by atomic mass is 10.1. The molecule has 0 aliphatic rings. The van der Waals surface area contributed by atoms with Crippen LogP contribution >= 0.6 is 0 Å². The Bertz CT molecular complexity index is 264. The third kappa shape index (κ3) is 5.24. The summed E-state index contributed by atoms with van der Waals surface area (Å²) in [5.41, 5.74) is 4.43. The standard InChI is InChI=1S/C10H21N3O2/c1-9(2,3)15-8(14)13-10(4,5)7(11)12-6/h1-6H3,(H2,11,12)(H,13,14). The molecule has 0 aliphatic carbocycles. The molecule has 0 saturated carbocycles. The Morgan fingerprint density at radius 1 is 1.27 bits per heavy atom. The van der Waals surface area contributed by atoms with Gasteiger partial charge in [-0.05, 0) is 34.6 Å². The highest BCUT2D eigenvalue weighted by molar-refractivity contribution is 5.92. The van der Waals surface area contributed by atoms with Crippen LogP contribution in [0.15, 0.2) is 4.99 Å². The first-order valence-corrected chi connectivity index (χ1v) is 4.82. The van der Waals surface area contributed by atoms with Crippen molar-refractivity contribution < 1.29 is 9.53 Å². The molecule has 0 aromatic heterocycles. The molecule has 88 valence electrons. The quantitative estimate of drug-likeness (QED) is 0.538. The third-order valence-corrected chi connectivity index (χ3v) is 1.69. The molecule has 0 heterocycles. The number of amidine groups is 1. The Hall–Kier alpha value is -1.26. The number of nitrogens with zero attached hydrogens (tertiary/aromatic N) is 1. The Balaban J connectivity index is 4.42. The van der Waals surface area contributed by atoms with E-state index in [-0.39, 0.29) is 0 Å². The summed E-state index contributed by atoms with van der Waals surface area (Å²) < 4.78 is 5.11. The van der Waals surface area contributed by atoms with E-state index in [1.807, 2.05) is 0 Å². The zero-order valence-corrected chi connectivity index (χ0v) is 10.3. The van der Waals surface area contributed by atoms with Gasteiger partial charge >= 0.3 is 6.09 Å². The first-order chi connectivity index (χ1) is 6.58. The van der Waals surface area contributed by atoms with Gasteiger partial charge in [0.15, 0.2) is 0 Å². The zero-order chi connectivity index (χ0) is 12.3. The van der Waals surface area contributed by atoms with Gasteiger partial charge in [-0.2, -0.15) is 0 Å². The molecule has 0 atom stereocenters. The second-order valence-corrected chi connectivity index (χ2v) is 4.86. The first kappa shape index (κ1) is 13.7. The molecule has 0 rings (SSSR count). The van der Waals surface area contributed by atoms with Gasteiger partial charge in [0.05, 0.1) is 5.54 Å². The number of ether oxygens (including phenoxy) is 1. The number of rotatable bonds is 2. The van der Waals surface area contributed by atoms with E-state index in [0.29, 0.717) is 5.84 Å². The topological polar surface area (TPSA) is 76.7 Å². The number of amides is 1. The largest absolute Gasteiger partial charge is 0.444 e. The third-order valence-electron chi connectivity index (χ3n) is 1.69. The van der Waals surface area contributed by atoms with Gasteiger partial charge in [-0.25, -0.2) is 4.79 Å². The van der Waals surface area contributed by atoms with Crippen molar-refractivity contribution in [3.05, 3.63) is 0 Å². The molecular formula is C10H21N3O2. The molecule has 1 amide bonds. The number of aliphatic imine (C=N–C) groups is 1. The van der Waals surface area contributed by atoms with Crippen LogP contribution in [0.3, 0.4) is 0 Å². The van der Waals surface area contributed by atoms with Crippen LogP contribution in [0.4, 0.5) is 4.79 Å². The van der Waals surface area contributed by atoms with Crippen LogP contribution < -0.4 is 11.1 Å². The molecule has 15 heavy (non-hydrogen) atoms. The summed E-state index contributed by atoms with van der Waals surface area (Å²) in [4.78, 5) is 15.3. The van der Waals surface area contributed by atoms with Gasteiger partial charge in [0, 0.05) is 7.05 Å². The number of nitrogens with one attached hydrogen (secondary N) is 1. The van der Waals surface area contributed by atoms with E-state index in [0.717, 1.165) is 0 Å². The molecule has 0 fully saturated rings. The maximum atomic E-state index is 11.5. The molecule has 0 aliphatic heterocycles. The van der Waals surface area contributed by atoms with E-state index in [2.05, 4.69) is 10.3 Å². The second-order valence-electron chi connectivity index (χ2n) is 4.86. The summed E-state index contributed by atoms with van der Waals surface area (Å²) in [6.07, 6.45) is -0.501. The molecular weight excluding hydrogens is 194 g/mol. The van der Waals surface area contributed by atoms with Crippen molar-refractivity contribution in [2.45, 2.75) is 45.8 Å². The van der Waals surface area contributed by atoms with Gasteiger partial charge in [-0.15, -0.1) is 0 Å². The number of alkyl carbamates (subject to hydrolysis) is 1. The van der Waals surface area contributed by atoms with Crippen molar-refractivity contribution in [2.75, 3.05) is 7.05 Å². The van der Waals surface area contributed by atoms with E-state index in [1.165, 1.54) is 0 Å². The highest BCUT2D eigenvalue weighted by Crippen LogP contribution is 2.09. The van der Waals surface area contributed by atoms with Crippen LogP contribution in [0.5, 0.6) is 0 Å². The summed E-state index contributed by atoms with van der Waals surface area (Å²) in [7, 11) is 1.58. The number of nitrogens with two attached hydrogens (primary N) is 1. The normalized spacial score (nSPS) is 13.6. The highest BCUT2D eigenvalue weighted by Gasteiger charge is 2.27. The van der Waals surface area contributed by atoms with Gasteiger partial charge in [-0.1, -0.05) is 0 Å². The van der Waals surface area contributed by atoms with Crippen LogP contribution in [0.2, 0.25) is 0 Å². The fourth-order valence-corrected chi connectivity index (χ4v) is 0.902. The summed E-state index contributed by atoms with van der Waals surface area (Å²) in [6.45, 7) is 8.93. The van der Waals surface area contributed by atoms with E-state index < -0.39 is 17.2 Å². The zero-order valence-electron chi connectivity index (χ0n) is 10.3. The van der Waals surface area contributed by atoms with E-state index in [9.17, 15) is 4.79 Å². The van der Waals surface area contributed by atoms with Crippen LogP contribution in [0.1, 0.15) is 34.6 Å². The molecule has 0 aromatic rings. The lowest BCUT2D eigenvalue weighted by Gasteiger charge is -2.27. The molecule has 0 saturated heterocycles. The minimum atomic E-state index is -0.697. The summed E-state index contributed by atoms with van der Waals surface area (Å²) >= 11 is 0. The van der Waals surface area contributed by atoms with Crippen LogP contribution in [0.25, 0.3) is 0 Å². The molecule has 3 N–H and O–H groups in total.